The lowest BCUT2D eigenvalue weighted by Crippen LogP contribution is -2.54. The molecule has 9 heteroatoms. The number of halogens is 3. The molecule has 4 atom stereocenters. The lowest BCUT2D eigenvalue weighted by atomic mass is 9.76. The average Bonchev–Trinajstić information content (AvgIpc) is 2.81. The molecular weight excluding hydrogens is 449 g/mol. The van der Waals surface area contributed by atoms with Crippen molar-refractivity contribution in [2.24, 2.45) is 17.8 Å². The Morgan fingerprint density at radius 3 is 2.32 bits per heavy atom. The van der Waals surface area contributed by atoms with E-state index in [0.29, 0.717) is 19.3 Å². The van der Waals surface area contributed by atoms with Gasteiger partial charge in [-0.1, -0.05) is 52.3 Å². The van der Waals surface area contributed by atoms with Crippen LogP contribution in [0, 0.1) is 27.9 Å². The number of nitro benzene ring substituents is 1. The van der Waals surface area contributed by atoms with E-state index in [1.54, 1.807) is 19.1 Å². The second-order valence-electron chi connectivity index (χ2n) is 8.29. The van der Waals surface area contributed by atoms with E-state index in [2.05, 4.69) is 0 Å². The Morgan fingerprint density at radius 1 is 1.18 bits per heavy atom. The van der Waals surface area contributed by atoms with Gasteiger partial charge in [0.2, 0.25) is 5.91 Å². The number of nitro groups is 1. The second kappa shape index (κ2) is 11.5. The van der Waals surface area contributed by atoms with Crippen molar-refractivity contribution in [2.75, 3.05) is 4.90 Å². The Labute approximate surface area is 197 Å². The molecule has 1 aliphatic heterocycles. The fraction of sp³-hybridized carbons (Fsp3) is 0.480. The van der Waals surface area contributed by atoms with Crippen LogP contribution in [0.2, 0.25) is 0 Å². The van der Waals surface area contributed by atoms with Gasteiger partial charge in [0.15, 0.2) is 0 Å². The number of aliphatic hydroxyl groups is 1. The van der Waals surface area contributed by atoms with Crippen LogP contribution in [-0.4, -0.2) is 22.2 Å². The number of amides is 1. The number of rotatable bonds is 6. The van der Waals surface area contributed by atoms with Crippen molar-refractivity contribution in [3.05, 3.63) is 69.8 Å². The summed E-state index contributed by atoms with van der Waals surface area (Å²) >= 11 is 0. The average molecular weight is 481 g/mol. The first-order chi connectivity index (χ1) is 16.0. The van der Waals surface area contributed by atoms with Crippen molar-refractivity contribution in [3.63, 3.8) is 0 Å². The summed E-state index contributed by atoms with van der Waals surface area (Å²) in [6.45, 7) is 7.69. The molecule has 0 spiro atoms. The molecule has 0 aromatic heterocycles. The molecule has 2 aromatic carbocycles. The maximum Gasteiger partial charge on any atom is 0.416 e. The number of hydrogen-bond donors (Lipinski definition) is 1. The minimum atomic E-state index is -4.56. The SMILES string of the molecule is CC.CCC(Cc1ccc([N+](=O)[O-])cc1)C1CC(C)C(O)N(c2cccc(C(F)(F)F)c2)C1=O. The van der Waals surface area contributed by atoms with Crippen LogP contribution in [0.5, 0.6) is 0 Å². The van der Waals surface area contributed by atoms with Crippen molar-refractivity contribution in [3.8, 4) is 0 Å². The third-order valence-electron chi connectivity index (χ3n) is 6.14. The maximum absolute atomic E-state index is 13.4. The van der Waals surface area contributed by atoms with Gasteiger partial charge in [0.05, 0.1) is 10.5 Å². The van der Waals surface area contributed by atoms with Crippen LogP contribution in [-0.2, 0) is 17.4 Å². The molecule has 1 fully saturated rings. The zero-order valence-electron chi connectivity index (χ0n) is 19.7. The van der Waals surface area contributed by atoms with E-state index in [0.717, 1.165) is 22.6 Å². The zero-order chi connectivity index (χ0) is 25.6. The van der Waals surface area contributed by atoms with Crippen LogP contribution >= 0.6 is 0 Å². The van der Waals surface area contributed by atoms with Gasteiger partial charge >= 0.3 is 6.18 Å². The van der Waals surface area contributed by atoms with Crippen molar-refractivity contribution in [1.29, 1.82) is 0 Å². The van der Waals surface area contributed by atoms with Crippen LogP contribution < -0.4 is 4.90 Å². The predicted molar refractivity (Wildman–Crippen MR) is 124 cm³/mol. The number of benzene rings is 2. The molecular formula is C25H31F3N2O4. The smallest absolute Gasteiger partial charge is 0.373 e. The third kappa shape index (κ3) is 6.14. The summed E-state index contributed by atoms with van der Waals surface area (Å²) in [7, 11) is 0. The number of non-ortho nitro benzene ring substituents is 1. The number of aliphatic hydroxyl groups excluding tert-OH is 1. The first kappa shape index (κ1) is 27.3. The van der Waals surface area contributed by atoms with Crippen LogP contribution in [0.25, 0.3) is 0 Å². The minimum absolute atomic E-state index is 0.0130. The molecule has 6 nitrogen and oxygen atoms in total. The highest BCUT2D eigenvalue weighted by Crippen LogP contribution is 2.39. The molecule has 1 N–H and O–H groups in total. The van der Waals surface area contributed by atoms with Crippen molar-refractivity contribution in [2.45, 2.75) is 59.4 Å². The lowest BCUT2D eigenvalue weighted by Gasteiger charge is -2.43. The molecule has 1 heterocycles. The topological polar surface area (TPSA) is 83.7 Å². The molecule has 1 saturated heterocycles. The quantitative estimate of drug-likeness (QED) is 0.393. The van der Waals surface area contributed by atoms with Crippen LogP contribution in [0.15, 0.2) is 48.5 Å². The molecule has 4 unspecified atom stereocenters. The number of alkyl halides is 3. The fourth-order valence-electron chi connectivity index (χ4n) is 4.32. The first-order valence-electron chi connectivity index (χ1n) is 11.4. The monoisotopic (exact) mass is 480 g/mol. The Bertz CT molecular complexity index is 979. The van der Waals surface area contributed by atoms with Gasteiger partial charge in [-0.2, -0.15) is 13.2 Å². The van der Waals surface area contributed by atoms with Gasteiger partial charge in [-0.25, -0.2) is 0 Å². The highest BCUT2D eigenvalue weighted by Gasteiger charge is 2.43. The largest absolute Gasteiger partial charge is 0.416 e. The van der Waals surface area contributed by atoms with E-state index >= 15 is 0 Å². The fourth-order valence-corrected chi connectivity index (χ4v) is 4.32. The summed E-state index contributed by atoms with van der Waals surface area (Å²) in [5.74, 6) is -1.38. The molecule has 1 aliphatic rings. The molecule has 3 rings (SSSR count). The maximum atomic E-state index is 13.4. The predicted octanol–water partition coefficient (Wildman–Crippen LogP) is 6.22. The molecule has 0 saturated carbocycles. The Hall–Kier alpha value is -2.94. The number of carbonyl (C=O) groups excluding carboxylic acids is 1. The van der Waals surface area contributed by atoms with Gasteiger partial charge in [-0.05, 0) is 42.5 Å². The third-order valence-corrected chi connectivity index (χ3v) is 6.14. The summed E-state index contributed by atoms with van der Waals surface area (Å²) in [6.07, 6.45) is -4.26. The molecule has 1 amide bonds. The van der Waals surface area contributed by atoms with Gasteiger partial charge in [0, 0.05) is 29.7 Å². The lowest BCUT2D eigenvalue weighted by molar-refractivity contribution is -0.384. The summed E-state index contributed by atoms with van der Waals surface area (Å²) in [5.41, 5.74) is -0.0654. The van der Waals surface area contributed by atoms with Crippen LogP contribution in [0.3, 0.4) is 0 Å². The number of carbonyl (C=O) groups is 1. The number of nitrogens with zero attached hydrogens (tertiary/aromatic N) is 2. The van der Waals surface area contributed by atoms with E-state index in [1.807, 2.05) is 20.8 Å². The molecule has 0 radical (unpaired) electrons. The Kier molecular flexibility index (Phi) is 9.21. The van der Waals surface area contributed by atoms with Crippen molar-refractivity contribution >= 4 is 17.3 Å². The molecule has 0 bridgehead atoms. The summed E-state index contributed by atoms with van der Waals surface area (Å²) in [4.78, 5) is 24.8. The summed E-state index contributed by atoms with van der Waals surface area (Å²) in [6, 6.07) is 10.5. The second-order valence-corrected chi connectivity index (χ2v) is 8.29. The molecule has 0 aliphatic carbocycles. The molecule has 34 heavy (non-hydrogen) atoms. The van der Waals surface area contributed by atoms with Gasteiger partial charge in [-0.3, -0.25) is 19.8 Å². The summed E-state index contributed by atoms with van der Waals surface area (Å²) in [5, 5.41) is 21.5. The standard InChI is InChI=1S/C23H25F3N2O4.C2H6/c1-3-16(12-15-7-9-18(10-8-15)28(31)32)20-11-14(2)21(29)27(22(20)30)19-6-4-5-17(13-19)23(24,25)26;1-2/h4-10,13-14,16,20-21,29H,3,11-12H2,1-2H3;1-2H3. The number of piperidine rings is 1. The Morgan fingerprint density at radius 2 is 1.79 bits per heavy atom. The Balaban J connectivity index is 0.00000199. The number of hydrogen-bond acceptors (Lipinski definition) is 4. The van der Waals surface area contributed by atoms with E-state index in [4.69, 9.17) is 0 Å². The molecule has 2 aromatic rings. The van der Waals surface area contributed by atoms with Crippen LogP contribution in [0.4, 0.5) is 24.5 Å². The van der Waals surface area contributed by atoms with E-state index in [9.17, 15) is 33.2 Å². The van der Waals surface area contributed by atoms with Gasteiger partial charge in [-0.15, -0.1) is 0 Å². The van der Waals surface area contributed by atoms with E-state index in [-0.39, 0.29) is 23.2 Å². The first-order valence-corrected chi connectivity index (χ1v) is 11.4. The minimum Gasteiger partial charge on any atom is -0.373 e. The van der Waals surface area contributed by atoms with E-state index in [1.165, 1.54) is 24.3 Å². The highest BCUT2D eigenvalue weighted by atomic mass is 19.4. The van der Waals surface area contributed by atoms with Gasteiger partial charge < -0.3 is 5.11 Å². The summed E-state index contributed by atoms with van der Waals surface area (Å²) < 4.78 is 39.5. The molecule has 186 valence electrons. The zero-order valence-corrected chi connectivity index (χ0v) is 19.7. The van der Waals surface area contributed by atoms with Crippen molar-refractivity contribution in [1.82, 2.24) is 0 Å². The van der Waals surface area contributed by atoms with Crippen molar-refractivity contribution < 1.29 is 28.0 Å². The van der Waals surface area contributed by atoms with E-state index < -0.39 is 34.7 Å². The van der Waals surface area contributed by atoms with Gasteiger partial charge in [0.1, 0.15) is 6.23 Å². The number of anilines is 1. The highest BCUT2D eigenvalue weighted by molar-refractivity contribution is 5.96. The van der Waals surface area contributed by atoms with Gasteiger partial charge in [0.25, 0.3) is 5.69 Å². The normalized spacial score (nSPS) is 21.5. The van der Waals surface area contributed by atoms with Crippen LogP contribution in [0.1, 0.15) is 51.7 Å².